The maximum absolute atomic E-state index is 11.7. The molecule has 1 rings (SSSR count). The summed E-state index contributed by atoms with van der Waals surface area (Å²) in [7, 11) is 0. The van der Waals surface area contributed by atoms with E-state index in [9.17, 15) is 13.2 Å². The van der Waals surface area contributed by atoms with Crippen molar-refractivity contribution < 1.29 is 17.9 Å². The number of hydrogen-bond donors (Lipinski definition) is 1. The normalized spacial score (nSPS) is 24.4. The highest BCUT2D eigenvalue weighted by molar-refractivity contribution is 4.76. The van der Waals surface area contributed by atoms with Crippen molar-refractivity contribution in [3.05, 3.63) is 0 Å². The standard InChI is InChI=1S/C9H17F3N2O/c1-2-8-7-14(4-3-13-8)5-6-15-9(10,11)12/h8,13H,2-7H2,1H3. The number of piperazine rings is 1. The number of rotatable bonds is 4. The lowest BCUT2D eigenvalue weighted by atomic mass is 10.1. The Morgan fingerprint density at radius 2 is 2.20 bits per heavy atom. The van der Waals surface area contributed by atoms with E-state index >= 15 is 0 Å². The van der Waals surface area contributed by atoms with E-state index in [1.54, 1.807) is 0 Å². The highest BCUT2D eigenvalue weighted by Gasteiger charge is 2.29. The van der Waals surface area contributed by atoms with Crippen LogP contribution in [0.25, 0.3) is 0 Å². The van der Waals surface area contributed by atoms with Crippen molar-refractivity contribution in [3.8, 4) is 0 Å². The summed E-state index contributed by atoms with van der Waals surface area (Å²) in [5, 5.41) is 3.30. The minimum absolute atomic E-state index is 0.278. The van der Waals surface area contributed by atoms with Crippen LogP contribution < -0.4 is 5.32 Å². The summed E-state index contributed by atoms with van der Waals surface area (Å²) >= 11 is 0. The number of nitrogens with zero attached hydrogens (tertiary/aromatic N) is 1. The van der Waals surface area contributed by atoms with Gasteiger partial charge in [-0.15, -0.1) is 13.2 Å². The zero-order valence-corrected chi connectivity index (χ0v) is 8.81. The Labute approximate surface area is 87.6 Å². The van der Waals surface area contributed by atoms with Gasteiger partial charge in [0.25, 0.3) is 0 Å². The highest BCUT2D eigenvalue weighted by Crippen LogP contribution is 2.15. The summed E-state index contributed by atoms with van der Waals surface area (Å²) in [6, 6.07) is 0.393. The van der Waals surface area contributed by atoms with Crippen LogP contribution in [-0.4, -0.2) is 50.1 Å². The molecule has 0 aromatic carbocycles. The summed E-state index contributed by atoms with van der Waals surface area (Å²) in [4.78, 5) is 2.00. The lowest BCUT2D eigenvalue weighted by molar-refractivity contribution is -0.325. The topological polar surface area (TPSA) is 24.5 Å². The molecule has 1 N–H and O–H groups in total. The van der Waals surface area contributed by atoms with Gasteiger partial charge < -0.3 is 5.32 Å². The molecule has 0 amide bonds. The van der Waals surface area contributed by atoms with E-state index in [1.165, 1.54) is 0 Å². The molecule has 0 radical (unpaired) electrons. The molecule has 0 bridgehead atoms. The van der Waals surface area contributed by atoms with Gasteiger partial charge >= 0.3 is 6.36 Å². The number of nitrogens with one attached hydrogen (secondary N) is 1. The Kier molecular flexibility index (Phi) is 4.82. The van der Waals surface area contributed by atoms with E-state index in [0.717, 1.165) is 26.1 Å². The van der Waals surface area contributed by atoms with Crippen molar-refractivity contribution in [2.45, 2.75) is 25.7 Å². The van der Waals surface area contributed by atoms with Crippen molar-refractivity contribution in [1.29, 1.82) is 0 Å². The third-order valence-corrected chi connectivity index (χ3v) is 2.51. The quantitative estimate of drug-likeness (QED) is 0.779. The molecular weight excluding hydrogens is 209 g/mol. The molecule has 1 heterocycles. The average molecular weight is 226 g/mol. The van der Waals surface area contributed by atoms with E-state index in [2.05, 4.69) is 17.0 Å². The maximum atomic E-state index is 11.7. The van der Waals surface area contributed by atoms with Crippen molar-refractivity contribution in [3.63, 3.8) is 0 Å². The summed E-state index contributed by atoms with van der Waals surface area (Å²) in [5.74, 6) is 0. The van der Waals surface area contributed by atoms with Gasteiger partial charge in [-0.05, 0) is 6.42 Å². The Bertz CT molecular complexity index is 187. The summed E-state index contributed by atoms with van der Waals surface area (Å²) in [6.07, 6.45) is -3.51. The minimum Gasteiger partial charge on any atom is -0.311 e. The van der Waals surface area contributed by atoms with Gasteiger partial charge in [0.05, 0.1) is 6.61 Å². The molecule has 0 spiro atoms. The van der Waals surface area contributed by atoms with Crippen LogP contribution >= 0.6 is 0 Å². The largest absolute Gasteiger partial charge is 0.522 e. The van der Waals surface area contributed by atoms with Gasteiger partial charge in [0.15, 0.2) is 0 Å². The van der Waals surface area contributed by atoms with Crippen molar-refractivity contribution >= 4 is 0 Å². The van der Waals surface area contributed by atoms with Gasteiger partial charge in [-0.25, -0.2) is 0 Å². The lowest BCUT2D eigenvalue weighted by Crippen LogP contribution is -2.51. The molecule has 3 nitrogen and oxygen atoms in total. The molecule has 0 aliphatic carbocycles. The first-order chi connectivity index (χ1) is 7.01. The van der Waals surface area contributed by atoms with Crippen molar-refractivity contribution in [2.24, 2.45) is 0 Å². The van der Waals surface area contributed by atoms with E-state index < -0.39 is 6.36 Å². The molecule has 6 heteroatoms. The van der Waals surface area contributed by atoms with Gasteiger partial charge in [-0.3, -0.25) is 9.64 Å². The fourth-order valence-corrected chi connectivity index (χ4v) is 1.66. The molecule has 0 aromatic heterocycles. The Balaban J connectivity index is 2.15. The van der Waals surface area contributed by atoms with Crippen LogP contribution in [0, 0.1) is 0 Å². The smallest absolute Gasteiger partial charge is 0.311 e. The summed E-state index contributed by atoms with van der Waals surface area (Å²) in [6.45, 7) is 4.56. The molecule has 0 aromatic rings. The predicted molar refractivity (Wildman–Crippen MR) is 50.5 cm³/mol. The first-order valence-electron chi connectivity index (χ1n) is 5.17. The fraction of sp³-hybridized carbons (Fsp3) is 1.00. The fourth-order valence-electron chi connectivity index (χ4n) is 1.66. The van der Waals surface area contributed by atoms with Crippen LogP contribution in [-0.2, 0) is 4.74 Å². The zero-order valence-electron chi connectivity index (χ0n) is 8.81. The van der Waals surface area contributed by atoms with Gasteiger partial charge in [0, 0.05) is 32.2 Å². The second-order valence-electron chi connectivity index (χ2n) is 3.65. The lowest BCUT2D eigenvalue weighted by Gasteiger charge is -2.33. The van der Waals surface area contributed by atoms with Gasteiger partial charge in [0.2, 0.25) is 0 Å². The van der Waals surface area contributed by atoms with Gasteiger partial charge in [-0.2, -0.15) is 0 Å². The predicted octanol–water partition coefficient (Wildman–Crippen LogP) is 1.21. The molecule has 1 aliphatic heterocycles. The van der Waals surface area contributed by atoms with E-state index in [0.29, 0.717) is 12.6 Å². The molecule has 1 saturated heterocycles. The van der Waals surface area contributed by atoms with Crippen LogP contribution in [0.5, 0.6) is 0 Å². The summed E-state index contributed by atoms with van der Waals surface area (Å²) < 4.78 is 38.8. The zero-order chi connectivity index (χ0) is 11.3. The van der Waals surface area contributed by atoms with Gasteiger partial charge in [0.1, 0.15) is 0 Å². The van der Waals surface area contributed by atoms with Crippen LogP contribution in [0.4, 0.5) is 13.2 Å². The Morgan fingerprint density at radius 3 is 2.80 bits per heavy atom. The number of halogens is 3. The van der Waals surface area contributed by atoms with Crippen LogP contribution in [0.2, 0.25) is 0 Å². The molecule has 0 saturated carbocycles. The molecule has 90 valence electrons. The number of ether oxygens (including phenoxy) is 1. The Hall–Kier alpha value is -0.330. The van der Waals surface area contributed by atoms with Crippen molar-refractivity contribution in [1.82, 2.24) is 10.2 Å². The SMILES string of the molecule is CCC1CN(CCOC(F)(F)F)CCN1. The monoisotopic (exact) mass is 226 g/mol. The second kappa shape index (κ2) is 5.67. The maximum Gasteiger partial charge on any atom is 0.522 e. The first kappa shape index (κ1) is 12.7. The molecule has 1 unspecified atom stereocenters. The Morgan fingerprint density at radius 1 is 1.47 bits per heavy atom. The summed E-state index contributed by atoms with van der Waals surface area (Å²) in [5.41, 5.74) is 0. The third kappa shape index (κ3) is 5.34. The minimum atomic E-state index is -4.50. The van der Waals surface area contributed by atoms with Gasteiger partial charge in [-0.1, -0.05) is 6.92 Å². The molecular formula is C9H17F3N2O. The molecule has 15 heavy (non-hydrogen) atoms. The molecule has 1 fully saturated rings. The van der Waals surface area contributed by atoms with Crippen LogP contribution in [0.1, 0.15) is 13.3 Å². The van der Waals surface area contributed by atoms with Crippen LogP contribution in [0.15, 0.2) is 0 Å². The van der Waals surface area contributed by atoms with E-state index in [1.807, 2.05) is 4.90 Å². The highest BCUT2D eigenvalue weighted by atomic mass is 19.4. The molecule has 1 atom stereocenters. The first-order valence-corrected chi connectivity index (χ1v) is 5.17. The average Bonchev–Trinajstić information content (AvgIpc) is 2.16. The van der Waals surface area contributed by atoms with E-state index in [4.69, 9.17) is 0 Å². The number of alkyl halides is 3. The van der Waals surface area contributed by atoms with Crippen molar-refractivity contribution in [2.75, 3.05) is 32.8 Å². The molecule has 1 aliphatic rings. The van der Waals surface area contributed by atoms with Crippen LogP contribution in [0.3, 0.4) is 0 Å². The van der Waals surface area contributed by atoms with E-state index in [-0.39, 0.29) is 6.61 Å². The number of hydrogen-bond acceptors (Lipinski definition) is 3. The third-order valence-electron chi connectivity index (χ3n) is 2.51. The second-order valence-corrected chi connectivity index (χ2v) is 3.65.